The monoisotopic (exact) mass is 222 g/mol. The van der Waals surface area contributed by atoms with Crippen molar-refractivity contribution in [2.24, 2.45) is 17.8 Å². The van der Waals surface area contributed by atoms with E-state index in [9.17, 15) is 0 Å². The third-order valence-electron chi connectivity index (χ3n) is 5.12. The van der Waals surface area contributed by atoms with Gasteiger partial charge in [-0.25, -0.2) is 0 Å². The van der Waals surface area contributed by atoms with Crippen molar-refractivity contribution in [3.8, 4) is 0 Å². The van der Waals surface area contributed by atoms with Gasteiger partial charge in [-0.05, 0) is 30.6 Å². The molecule has 0 aromatic heterocycles. The Kier molecular flexibility index (Phi) is 5.19. The van der Waals surface area contributed by atoms with E-state index in [-0.39, 0.29) is 0 Å². The molecule has 0 N–H and O–H groups in total. The van der Waals surface area contributed by atoms with Crippen molar-refractivity contribution in [2.45, 2.75) is 84.0 Å². The summed E-state index contributed by atoms with van der Waals surface area (Å²) in [4.78, 5) is 0. The Labute approximate surface area is 102 Å². The molecule has 2 aliphatic carbocycles. The summed E-state index contributed by atoms with van der Waals surface area (Å²) in [5.74, 6) is 3.27. The molecule has 3 atom stereocenters. The van der Waals surface area contributed by atoms with Crippen LogP contribution >= 0.6 is 0 Å². The second kappa shape index (κ2) is 6.67. The lowest BCUT2D eigenvalue weighted by Gasteiger charge is -2.37. The SMILES string of the molecule is CC1CCCCCCC2CCC2CCCC1. The summed E-state index contributed by atoms with van der Waals surface area (Å²) in [6.07, 6.45) is 18.3. The van der Waals surface area contributed by atoms with E-state index in [0.717, 1.165) is 17.8 Å². The maximum absolute atomic E-state index is 2.46. The van der Waals surface area contributed by atoms with Crippen LogP contribution in [0.4, 0.5) is 0 Å². The third kappa shape index (κ3) is 3.79. The summed E-state index contributed by atoms with van der Waals surface area (Å²) in [5.41, 5.74) is 0. The summed E-state index contributed by atoms with van der Waals surface area (Å²) in [7, 11) is 0. The Morgan fingerprint density at radius 2 is 0.938 bits per heavy atom. The smallest absolute Gasteiger partial charge is 0.0386 e. The van der Waals surface area contributed by atoms with E-state index in [1.165, 1.54) is 51.4 Å². The minimum absolute atomic E-state index is 0.998. The Morgan fingerprint density at radius 1 is 0.500 bits per heavy atom. The highest BCUT2D eigenvalue weighted by molar-refractivity contribution is 4.80. The van der Waals surface area contributed by atoms with Gasteiger partial charge in [0.15, 0.2) is 0 Å². The highest BCUT2D eigenvalue weighted by atomic mass is 14.3. The summed E-state index contributed by atoms with van der Waals surface area (Å²) in [6.45, 7) is 2.46. The minimum Gasteiger partial charge on any atom is -0.0625 e. The van der Waals surface area contributed by atoms with E-state index >= 15 is 0 Å². The summed E-state index contributed by atoms with van der Waals surface area (Å²) < 4.78 is 0. The standard InChI is InChI=1S/C16H30/c1-14-8-4-2-3-5-10-15-12-13-16(15)11-7-6-9-14/h14-16H,2-13H2,1H3. The molecule has 0 radical (unpaired) electrons. The van der Waals surface area contributed by atoms with Gasteiger partial charge in [0.2, 0.25) is 0 Å². The predicted octanol–water partition coefficient (Wildman–Crippen LogP) is 5.56. The van der Waals surface area contributed by atoms with Crippen molar-refractivity contribution < 1.29 is 0 Å². The van der Waals surface area contributed by atoms with Crippen LogP contribution in [0.25, 0.3) is 0 Å². The Morgan fingerprint density at radius 3 is 1.50 bits per heavy atom. The van der Waals surface area contributed by atoms with E-state index in [2.05, 4.69) is 6.92 Å². The van der Waals surface area contributed by atoms with Crippen molar-refractivity contribution in [2.75, 3.05) is 0 Å². The molecule has 0 heterocycles. The van der Waals surface area contributed by atoms with Gasteiger partial charge in [0.25, 0.3) is 0 Å². The van der Waals surface area contributed by atoms with Crippen LogP contribution in [0.1, 0.15) is 84.0 Å². The van der Waals surface area contributed by atoms with Crippen LogP contribution in [0.15, 0.2) is 0 Å². The lowest BCUT2D eigenvalue weighted by atomic mass is 9.69. The topological polar surface area (TPSA) is 0 Å². The maximum Gasteiger partial charge on any atom is -0.0386 e. The molecule has 0 bridgehead atoms. The van der Waals surface area contributed by atoms with E-state index in [4.69, 9.17) is 0 Å². The number of hydrogen-bond acceptors (Lipinski definition) is 0. The molecule has 0 aromatic carbocycles. The van der Waals surface area contributed by atoms with Gasteiger partial charge < -0.3 is 0 Å². The normalized spacial score (nSPS) is 38.4. The van der Waals surface area contributed by atoms with Gasteiger partial charge >= 0.3 is 0 Å². The molecular formula is C16H30. The molecule has 0 aromatic rings. The van der Waals surface area contributed by atoms with Gasteiger partial charge in [0, 0.05) is 0 Å². The molecule has 16 heavy (non-hydrogen) atoms. The van der Waals surface area contributed by atoms with Gasteiger partial charge in [0.1, 0.15) is 0 Å². The van der Waals surface area contributed by atoms with Gasteiger partial charge in [-0.1, -0.05) is 71.1 Å². The fourth-order valence-electron chi connectivity index (χ4n) is 3.69. The first-order chi connectivity index (χ1) is 7.86. The van der Waals surface area contributed by atoms with E-state index in [0.29, 0.717) is 0 Å². The van der Waals surface area contributed by atoms with Crippen molar-refractivity contribution in [1.29, 1.82) is 0 Å². The zero-order valence-corrected chi connectivity index (χ0v) is 11.2. The fourth-order valence-corrected chi connectivity index (χ4v) is 3.69. The molecule has 3 unspecified atom stereocenters. The molecule has 2 rings (SSSR count). The first-order valence-corrected chi connectivity index (χ1v) is 7.86. The first-order valence-electron chi connectivity index (χ1n) is 7.86. The largest absolute Gasteiger partial charge is 0.0625 e. The number of fused-ring (bicyclic) bond motifs is 1. The average Bonchev–Trinajstić information content (AvgIpc) is 2.25. The lowest BCUT2D eigenvalue weighted by Crippen LogP contribution is -2.25. The van der Waals surface area contributed by atoms with Crippen LogP contribution in [-0.4, -0.2) is 0 Å². The molecule has 2 aliphatic rings. The second-order valence-electron chi connectivity index (χ2n) is 6.48. The molecule has 0 amide bonds. The molecule has 0 spiro atoms. The van der Waals surface area contributed by atoms with Crippen molar-refractivity contribution >= 4 is 0 Å². The van der Waals surface area contributed by atoms with Gasteiger partial charge in [-0.15, -0.1) is 0 Å². The van der Waals surface area contributed by atoms with Crippen LogP contribution in [0.5, 0.6) is 0 Å². The average molecular weight is 222 g/mol. The molecule has 94 valence electrons. The van der Waals surface area contributed by atoms with Crippen molar-refractivity contribution in [1.82, 2.24) is 0 Å². The number of rotatable bonds is 0. The summed E-state index contributed by atoms with van der Waals surface area (Å²) >= 11 is 0. The Bertz CT molecular complexity index is 184. The highest BCUT2D eigenvalue weighted by Crippen LogP contribution is 2.41. The highest BCUT2D eigenvalue weighted by Gasteiger charge is 2.29. The third-order valence-corrected chi connectivity index (χ3v) is 5.12. The van der Waals surface area contributed by atoms with Gasteiger partial charge in [-0.2, -0.15) is 0 Å². The maximum atomic E-state index is 2.46. The van der Waals surface area contributed by atoms with Gasteiger partial charge in [0.05, 0.1) is 0 Å². The lowest BCUT2D eigenvalue weighted by molar-refractivity contribution is 0.145. The van der Waals surface area contributed by atoms with Gasteiger partial charge in [-0.3, -0.25) is 0 Å². The van der Waals surface area contributed by atoms with Crippen molar-refractivity contribution in [3.63, 3.8) is 0 Å². The van der Waals surface area contributed by atoms with E-state index in [1.807, 2.05) is 0 Å². The number of hydrogen-bond donors (Lipinski definition) is 0. The molecule has 0 nitrogen and oxygen atoms in total. The Hall–Kier alpha value is 0. The first kappa shape index (κ1) is 12.5. The van der Waals surface area contributed by atoms with Crippen LogP contribution in [0.2, 0.25) is 0 Å². The predicted molar refractivity (Wildman–Crippen MR) is 71.5 cm³/mol. The zero-order chi connectivity index (χ0) is 11.2. The van der Waals surface area contributed by atoms with E-state index < -0.39 is 0 Å². The molecule has 0 saturated heterocycles. The van der Waals surface area contributed by atoms with Crippen molar-refractivity contribution in [3.05, 3.63) is 0 Å². The van der Waals surface area contributed by atoms with Crippen LogP contribution in [0, 0.1) is 17.8 Å². The summed E-state index contributed by atoms with van der Waals surface area (Å²) in [5, 5.41) is 0. The molecule has 2 saturated carbocycles. The fraction of sp³-hybridized carbons (Fsp3) is 1.00. The molecule has 2 fully saturated rings. The minimum atomic E-state index is 0.998. The van der Waals surface area contributed by atoms with Crippen LogP contribution in [-0.2, 0) is 0 Å². The molecular weight excluding hydrogens is 192 g/mol. The zero-order valence-electron chi connectivity index (χ0n) is 11.2. The van der Waals surface area contributed by atoms with Crippen LogP contribution in [0.3, 0.4) is 0 Å². The van der Waals surface area contributed by atoms with E-state index in [1.54, 1.807) is 25.7 Å². The molecule has 0 aliphatic heterocycles. The molecule has 0 heteroatoms. The summed E-state index contributed by atoms with van der Waals surface area (Å²) in [6, 6.07) is 0. The quantitative estimate of drug-likeness (QED) is 0.503. The second-order valence-corrected chi connectivity index (χ2v) is 6.48. The Balaban J connectivity index is 1.73. The van der Waals surface area contributed by atoms with Crippen LogP contribution < -0.4 is 0 Å².